The van der Waals surface area contributed by atoms with E-state index in [0.29, 0.717) is 23.7 Å². The van der Waals surface area contributed by atoms with E-state index in [2.05, 4.69) is 90.0 Å². The van der Waals surface area contributed by atoms with Crippen molar-refractivity contribution >= 4 is 35.8 Å². The standard InChI is InChI=1S/C21H34O2.C20H34O2.C16H30O2.2C15H28O2.C14H26O2.12CH4/c1-6-20(4,5)19(22)23-21(12(2)3)11-15-10-16(21)18-14-8-7-13(9-14)17(15)18;1-6-18(3,4)17(21)22-19(5,7-2)20-11-14-8-15(12-20)10-16(9-14)13-20;1-5-15(3,4)14(17)18-16(6-2)12-10-8-7-9-11-13-16;1-6-14(2,3)13(16)17-15(4,5)12-10-8-7-9-11-12;1-5-14(2,3)13(16)17-15(4)11-9-7-6-8-10-12-15;1-6-13(4,5)12(15)16-14(11(2)3)9-7-8-10-14;;;;;;;;;;;;/h12-18H,6-11H2,1-5H3;14-16H,6-13H2,1-5H3;5-13H2,1-4H3;12H,6-11H2,1-5H3;5-12H2,1-4H3;11H,6-10H2,1-5H3;12*1H4. The van der Waals surface area contributed by atoms with Crippen LogP contribution in [-0.4, -0.2) is 69.4 Å². The van der Waals surface area contributed by atoms with E-state index < -0.39 is 0 Å². The maximum Gasteiger partial charge on any atom is 0.312 e. The third-order valence-corrected chi connectivity index (χ3v) is 33.6. The van der Waals surface area contributed by atoms with Gasteiger partial charge in [0.25, 0.3) is 0 Å². The highest BCUT2D eigenvalue weighted by molar-refractivity contribution is 5.79. The number of carbonyl (C=O) groups is 6. The van der Waals surface area contributed by atoms with Crippen LogP contribution in [0.15, 0.2) is 0 Å². The summed E-state index contributed by atoms with van der Waals surface area (Å²) in [5.41, 5.74) is -3.15. The highest BCUT2D eigenvalue weighted by Crippen LogP contribution is 2.72. The fraction of sp³-hybridized carbons (Fsp3) is 0.947. The Morgan fingerprint density at radius 1 is 0.320 bits per heavy atom. The van der Waals surface area contributed by atoms with Crippen LogP contribution in [-0.2, 0) is 57.2 Å². The molecule has 8 unspecified atom stereocenters. The second kappa shape index (κ2) is 55.5. The molecule has 12 fully saturated rings. The highest BCUT2D eigenvalue weighted by atomic mass is 16.6. The zero-order valence-corrected chi connectivity index (χ0v) is 79.0. The molecule has 0 aliphatic heterocycles. The molecule has 12 saturated carbocycles. The molecule has 125 heavy (non-hydrogen) atoms. The van der Waals surface area contributed by atoms with Crippen LogP contribution in [0.3, 0.4) is 0 Å². The van der Waals surface area contributed by atoms with Crippen LogP contribution in [0, 0.1) is 109 Å². The van der Waals surface area contributed by atoms with Gasteiger partial charge in [0.1, 0.15) is 33.6 Å². The molecule has 0 amide bonds. The van der Waals surface area contributed by atoms with Crippen molar-refractivity contribution in [3.05, 3.63) is 0 Å². The molecule has 0 N–H and O–H groups in total. The number of carbonyl (C=O) groups excluding carboxylic acids is 6. The van der Waals surface area contributed by atoms with Crippen LogP contribution >= 0.6 is 0 Å². The zero-order valence-electron chi connectivity index (χ0n) is 79.0. The molecule has 0 spiro atoms. The summed E-state index contributed by atoms with van der Waals surface area (Å²) in [5.74, 6) is 9.31. The lowest BCUT2D eigenvalue weighted by atomic mass is 9.45. The first-order valence-corrected chi connectivity index (χ1v) is 47.9. The molecular weight excluding hydrogens is 1550 g/mol. The number of ether oxygens (including phenoxy) is 6. The molecule has 0 aromatic heterocycles. The first kappa shape index (κ1) is 135. The van der Waals surface area contributed by atoms with Gasteiger partial charge in [-0.15, -0.1) is 0 Å². The van der Waals surface area contributed by atoms with Gasteiger partial charge < -0.3 is 28.4 Å². The Bertz CT molecular complexity index is 2920. The van der Waals surface area contributed by atoms with Gasteiger partial charge in [-0.2, -0.15) is 0 Å². The average molecular weight is 1780 g/mol. The summed E-state index contributed by atoms with van der Waals surface area (Å²) >= 11 is 0. The monoisotopic (exact) mass is 1780 g/mol. The van der Waals surface area contributed by atoms with Gasteiger partial charge in [0.15, 0.2) is 0 Å². The van der Waals surface area contributed by atoms with E-state index in [4.69, 9.17) is 28.4 Å². The van der Waals surface area contributed by atoms with Crippen molar-refractivity contribution in [3.63, 3.8) is 0 Å². The molecule has 12 heteroatoms. The predicted molar refractivity (Wildman–Crippen MR) is 545 cm³/mol. The quantitative estimate of drug-likeness (QED) is 0.0512. The molecule has 0 heterocycles. The van der Waals surface area contributed by atoms with E-state index in [-0.39, 0.29) is 196 Å². The SMILES string of the molecule is C.C.C.C.C.C.C.C.C.C.C.C.CCC(C)(C)C(=O)OC(C)(C)C1CCCCC1.CCC(C)(C)C(=O)OC(C)(CC)C12CC3CC(CC(C3)C1)C2.CCC(C)(C)C(=O)OC1(C(C)C)CC2CC1C1C3CCC(C3)C21.CCC(C)(C)C(=O)OC1(C(C)C)CCCC1.CCC(C)(C)C(=O)OC1(C)CCCCCCC1.CCC1(OC(=O)C(C)(C)CC)CCCCCCC1. The predicted octanol–water partition coefficient (Wildman–Crippen LogP) is 35.6. The molecule has 752 valence electrons. The van der Waals surface area contributed by atoms with Crippen LogP contribution in [0.5, 0.6) is 0 Å². The maximum absolute atomic E-state index is 12.9. The maximum atomic E-state index is 12.9. The molecule has 0 aromatic carbocycles. The van der Waals surface area contributed by atoms with E-state index in [0.717, 1.165) is 144 Å². The van der Waals surface area contributed by atoms with Crippen LogP contribution in [0.4, 0.5) is 0 Å². The van der Waals surface area contributed by atoms with Crippen LogP contribution in [0.25, 0.3) is 0 Å². The Balaban J connectivity index is -0.000000264. The summed E-state index contributed by atoms with van der Waals surface area (Å²) in [6, 6.07) is 0. The van der Waals surface area contributed by atoms with Gasteiger partial charge in [0.2, 0.25) is 0 Å². The molecule has 8 bridgehead atoms. The number of esters is 6. The summed E-state index contributed by atoms with van der Waals surface area (Å²) < 4.78 is 36.2. The third kappa shape index (κ3) is 33.4. The van der Waals surface area contributed by atoms with Gasteiger partial charge in [0, 0.05) is 11.3 Å². The van der Waals surface area contributed by atoms with Crippen molar-refractivity contribution in [3.8, 4) is 0 Å². The lowest BCUT2D eigenvalue weighted by Crippen LogP contribution is -2.59. The Hall–Kier alpha value is -3.18. The summed E-state index contributed by atoms with van der Waals surface area (Å²) in [4.78, 5) is 74.3. The number of fused-ring (bicyclic) bond motifs is 9. The smallest absolute Gasteiger partial charge is 0.312 e. The summed E-state index contributed by atoms with van der Waals surface area (Å²) in [6.45, 7) is 58.0. The molecule has 0 saturated heterocycles. The largest absolute Gasteiger partial charge is 0.459 e. The Labute approximate surface area is 783 Å². The van der Waals surface area contributed by atoms with E-state index in [1.807, 2.05) is 104 Å². The van der Waals surface area contributed by atoms with E-state index in [1.54, 1.807) is 0 Å². The minimum Gasteiger partial charge on any atom is -0.459 e. The zero-order chi connectivity index (χ0) is 84.8. The van der Waals surface area contributed by atoms with Gasteiger partial charge in [-0.25, -0.2) is 0 Å². The first-order chi connectivity index (χ1) is 52.5. The van der Waals surface area contributed by atoms with Crippen LogP contribution in [0.1, 0.15) is 553 Å². The second-order valence-electron chi connectivity index (χ2n) is 44.8. The van der Waals surface area contributed by atoms with Crippen molar-refractivity contribution in [2.75, 3.05) is 0 Å². The minimum absolute atomic E-state index is 0. The molecule has 12 rings (SSSR count). The van der Waals surface area contributed by atoms with Gasteiger partial charge >= 0.3 is 35.8 Å². The summed E-state index contributed by atoms with van der Waals surface area (Å²) in [7, 11) is 0. The minimum atomic E-state index is -0.362. The van der Waals surface area contributed by atoms with Gasteiger partial charge in [0.05, 0.1) is 32.5 Å². The highest BCUT2D eigenvalue weighted by Gasteiger charge is 2.69. The van der Waals surface area contributed by atoms with Crippen molar-refractivity contribution < 1.29 is 57.2 Å². The van der Waals surface area contributed by atoms with E-state index >= 15 is 0 Å². The molecule has 12 aliphatic carbocycles. The van der Waals surface area contributed by atoms with Gasteiger partial charge in [-0.05, 0) is 388 Å². The fourth-order valence-corrected chi connectivity index (χ4v) is 22.2. The molecular formula is C113H228O12. The van der Waals surface area contributed by atoms with Gasteiger partial charge in [-0.1, -0.05) is 230 Å². The number of hydrogen-bond donors (Lipinski definition) is 0. The van der Waals surface area contributed by atoms with Crippen LogP contribution < -0.4 is 0 Å². The van der Waals surface area contributed by atoms with Crippen LogP contribution in [0.2, 0.25) is 0 Å². The lowest BCUT2D eigenvalue weighted by molar-refractivity contribution is -0.212. The molecule has 8 atom stereocenters. The molecule has 12 nitrogen and oxygen atoms in total. The van der Waals surface area contributed by atoms with E-state index in [1.165, 1.54) is 173 Å². The first-order valence-electron chi connectivity index (χ1n) is 47.9. The summed E-state index contributed by atoms with van der Waals surface area (Å²) in [6.07, 6.45) is 49.5. The lowest BCUT2D eigenvalue weighted by Gasteiger charge is -2.62. The van der Waals surface area contributed by atoms with E-state index in [9.17, 15) is 28.8 Å². The number of hydrogen-bond acceptors (Lipinski definition) is 12. The fourth-order valence-electron chi connectivity index (χ4n) is 22.2. The normalized spacial score (nSPS) is 26.8. The van der Waals surface area contributed by atoms with Crippen molar-refractivity contribution in [1.29, 1.82) is 0 Å². The summed E-state index contributed by atoms with van der Waals surface area (Å²) in [5, 5.41) is 0. The average Bonchev–Trinajstić information content (AvgIpc) is 1.65. The van der Waals surface area contributed by atoms with Gasteiger partial charge in [-0.3, -0.25) is 28.8 Å². The Morgan fingerprint density at radius 2 is 0.648 bits per heavy atom. The molecule has 12 aliphatic rings. The van der Waals surface area contributed by atoms with Crippen molar-refractivity contribution in [2.45, 2.75) is 586 Å². The van der Waals surface area contributed by atoms with Crippen molar-refractivity contribution in [2.24, 2.45) is 109 Å². The molecule has 0 radical (unpaired) electrons. The Kier molecular flexibility index (Phi) is 59.9. The number of rotatable bonds is 24. The molecule has 0 aromatic rings. The van der Waals surface area contributed by atoms with Crippen molar-refractivity contribution in [1.82, 2.24) is 0 Å². The second-order valence-corrected chi connectivity index (χ2v) is 44.8. The third-order valence-electron chi connectivity index (χ3n) is 33.6. The Morgan fingerprint density at radius 3 is 1.02 bits per heavy atom. The topological polar surface area (TPSA) is 158 Å².